The molecule has 0 amide bonds. The van der Waals surface area contributed by atoms with Gasteiger partial charge >= 0.3 is 0 Å². The third-order valence-electron chi connectivity index (χ3n) is 2.69. The van der Waals surface area contributed by atoms with Crippen molar-refractivity contribution >= 4 is 36.6 Å². The monoisotopic (exact) mass is 317 g/mol. The van der Waals surface area contributed by atoms with Crippen LogP contribution in [0.25, 0.3) is 10.8 Å². The van der Waals surface area contributed by atoms with E-state index < -0.39 is 30.8 Å². The number of aromatic hydroxyl groups is 1. The van der Waals surface area contributed by atoms with Gasteiger partial charge in [0.15, 0.2) is 0 Å². The quantitative estimate of drug-likeness (QED) is 0.388. The van der Waals surface area contributed by atoms with Gasteiger partial charge in [-0.3, -0.25) is 0 Å². The van der Waals surface area contributed by atoms with Crippen molar-refractivity contribution in [3.63, 3.8) is 0 Å². The Bertz CT molecular complexity index is 918. The molecular weight excluding hydrogens is 308 g/mol. The van der Waals surface area contributed by atoms with Gasteiger partial charge in [-0.1, -0.05) is 6.07 Å². The van der Waals surface area contributed by atoms with E-state index in [-0.39, 0.29) is 21.4 Å². The molecule has 2 aromatic rings. The van der Waals surface area contributed by atoms with Crippen LogP contribution in [0, 0.1) is 0 Å². The van der Waals surface area contributed by atoms with Gasteiger partial charge in [0.05, 0.1) is 15.5 Å². The molecule has 8 nitrogen and oxygen atoms in total. The highest BCUT2D eigenvalue weighted by atomic mass is 32.2. The van der Waals surface area contributed by atoms with Crippen molar-refractivity contribution in [3.05, 3.63) is 24.3 Å². The van der Waals surface area contributed by atoms with Gasteiger partial charge in [-0.05, 0) is 12.1 Å². The molecule has 5 N–H and O–H groups in total. The van der Waals surface area contributed by atoms with Crippen LogP contribution in [0.2, 0.25) is 0 Å². The number of phenolic OH excluding ortho intramolecular Hbond substituents is 1. The minimum atomic E-state index is -4.93. The molecule has 0 aromatic heterocycles. The van der Waals surface area contributed by atoms with Crippen LogP contribution in [-0.2, 0) is 20.1 Å². The number of nitrogen functional groups attached to an aromatic ring is 1. The normalized spacial score (nSPS) is 12.7. The second-order valence-corrected chi connectivity index (χ2v) is 6.92. The van der Waals surface area contributed by atoms with Gasteiger partial charge in [-0.25, -0.2) is 22.0 Å². The maximum absolute atomic E-state index is 11.3. The van der Waals surface area contributed by atoms with Crippen molar-refractivity contribution < 1.29 is 26.5 Å². The summed E-state index contributed by atoms with van der Waals surface area (Å²) in [4.78, 5) is -1.15. The summed E-state index contributed by atoms with van der Waals surface area (Å²) in [5.41, 5.74) is 5.39. The molecule has 20 heavy (non-hydrogen) atoms. The SMILES string of the molecule is Nc1c(O)cc(S(=O)(=O)[O-])c2cc(S(N)(=O)=O)ccc12. The number of anilines is 1. The zero-order chi connectivity index (χ0) is 15.3. The van der Waals surface area contributed by atoms with Gasteiger partial charge in [0, 0.05) is 16.8 Å². The first-order valence-electron chi connectivity index (χ1n) is 5.05. The first-order valence-corrected chi connectivity index (χ1v) is 8.01. The maximum Gasteiger partial charge on any atom is 0.238 e. The molecule has 0 aliphatic rings. The Kier molecular flexibility index (Phi) is 3.13. The Balaban J connectivity index is 3.04. The Morgan fingerprint density at radius 2 is 1.65 bits per heavy atom. The van der Waals surface area contributed by atoms with Gasteiger partial charge in [0.25, 0.3) is 0 Å². The number of benzene rings is 2. The van der Waals surface area contributed by atoms with Crippen LogP contribution in [0.1, 0.15) is 0 Å². The van der Waals surface area contributed by atoms with Gasteiger partial charge in [0.1, 0.15) is 15.9 Å². The first-order chi connectivity index (χ1) is 9.01. The average Bonchev–Trinajstić information content (AvgIpc) is 2.30. The number of primary sulfonamides is 1. The van der Waals surface area contributed by atoms with Gasteiger partial charge in [-0.2, -0.15) is 0 Å². The molecule has 0 aliphatic carbocycles. The smallest absolute Gasteiger partial charge is 0.238 e. The van der Waals surface area contributed by atoms with Crippen molar-refractivity contribution in [2.24, 2.45) is 5.14 Å². The highest BCUT2D eigenvalue weighted by Gasteiger charge is 2.17. The molecule has 108 valence electrons. The van der Waals surface area contributed by atoms with E-state index >= 15 is 0 Å². The second-order valence-electron chi connectivity index (χ2n) is 4.01. The van der Waals surface area contributed by atoms with Crippen molar-refractivity contribution in [1.82, 2.24) is 0 Å². The van der Waals surface area contributed by atoms with Crippen molar-refractivity contribution in [3.8, 4) is 5.75 Å². The van der Waals surface area contributed by atoms with E-state index in [0.29, 0.717) is 6.07 Å². The number of phenols is 1. The molecule has 2 rings (SSSR count). The zero-order valence-corrected chi connectivity index (χ0v) is 11.4. The van der Waals surface area contributed by atoms with Crippen LogP contribution in [0.3, 0.4) is 0 Å². The van der Waals surface area contributed by atoms with Crippen LogP contribution in [0.15, 0.2) is 34.1 Å². The molecule has 0 unspecified atom stereocenters. The van der Waals surface area contributed by atoms with E-state index in [1.165, 1.54) is 6.07 Å². The molecule has 0 saturated heterocycles. The molecule has 2 aromatic carbocycles. The lowest BCUT2D eigenvalue weighted by Crippen LogP contribution is -2.12. The number of sulfonamides is 1. The molecule has 0 saturated carbocycles. The van der Waals surface area contributed by atoms with Gasteiger partial charge < -0.3 is 15.4 Å². The Morgan fingerprint density at radius 1 is 1.05 bits per heavy atom. The van der Waals surface area contributed by atoms with Crippen molar-refractivity contribution in [1.29, 1.82) is 0 Å². The summed E-state index contributed by atoms with van der Waals surface area (Å²) in [6.45, 7) is 0. The number of rotatable bonds is 2. The number of hydrogen-bond acceptors (Lipinski definition) is 7. The van der Waals surface area contributed by atoms with Gasteiger partial charge in [0.2, 0.25) is 10.0 Å². The van der Waals surface area contributed by atoms with Crippen molar-refractivity contribution in [2.45, 2.75) is 9.79 Å². The summed E-state index contributed by atoms with van der Waals surface area (Å²) in [6, 6.07) is 3.85. The lowest BCUT2D eigenvalue weighted by molar-refractivity contribution is 0.458. The standard InChI is InChI=1S/C10H10N2O6S2/c11-10-6-2-1-5(19(12,14)15)3-7(6)9(4-8(10)13)20(16,17)18/h1-4,13H,11H2,(H2,12,14,15)(H,16,17,18)/p-1. The minimum Gasteiger partial charge on any atom is -0.744 e. The van der Waals surface area contributed by atoms with E-state index in [2.05, 4.69) is 0 Å². The third-order valence-corrected chi connectivity index (χ3v) is 4.48. The highest BCUT2D eigenvalue weighted by Crippen LogP contribution is 2.35. The molecule has 0 bridgehead atoms. The van der Waals surface area contributed by atoms with E-state index in [0.717, 1.165) is 12.1 Å². The predicted molar refractivity (Wildman–Crippen MR) is 69.4 cm³/mol. The summed E-state index contributed by atoms with van der Waals surface area (Å²) in [5.74, 6) is -0.588. The average molecular weight is 317 g/mol. The first kappa shape index (κ1) is 14.5. The topological polar surface area (TPSA) is 164 Å². The van der Waals surface area contributed by atoms with Crippen LogP contribution in [0.5, 0.6) is 5.75 Å². The molecule has 0 aliphatic heterocycles. The fourth-order valence-corrected chi connectivity index (χ4v) is 3.00. The molecule has 0 atom stereocenters. The minimum absolute atomic E-state index is 0.0341. The molecule has 0 heterocycles. The van der Waals surface area contributed by atoms with E-state index in [1.807, 2.05) is 0 Å². The molecule has 0 spiro atoms. The van der Waals surface area contributed by atoms with E-state index in [9.17, 15) is 26.5 Å². The summed E-state index contributed by atoms with van der Waals surface area (Å²) in [5, 5.41) is 14.3. The molecule has 0 fully saturated rings. The summed E-state index contributed by atoms with van der Waals surface area (Å²) < 4.78 is 56.1. The van der Waals surface area contributed by atoms with Crippen LogP contribution < -0.4 is 10.9 Å². The lowest BCUT2D eigenvalue weighted by Gasteiger charge is -2.14. The number of fused-ring (bicyclic) bond motifs is 1. The molecular formula is C10H9N2O6S2-. The predicted octanol–water partition coefficient (Wildman–Crippen LogP) is -0.321. The summed E-state index contributed by atoms with van der Waals surface area (Å²) >= 11 is 0. The van der Waals surface area contributed by atoms with E-state index in [4.69, 9.17) is 10.9 Å². The molecule has 10 heteroatoms. The van der Waals surface area contributed by atoms with Crippen molar-refractivity contribution in [2.75, 3.05) is 5.73 Å². The third kappa shape index (κ3) is 2.41. The lowest BCUT2D eigenvalue weighted by atomic mass is 10.1. The maximum atomic E-state index is 11.3. The Morgan fingerprint density at radius 3 is 2.15 bits per heavy atom. The second kappa shape index (κ2) is 4.31. The Labute approximate surface area is 114 Å². The molecule has 0 radical (unpaired) electrons. The summed E-state index contributed by atoms with van der Waals surface area (Å²) in [7, 11) is -9.01. The largest absolute Gasteiger partial charge is 0.744 e. The van der Waals surface area contributed by atoms with Gasteiger partial charge in [-0.15, -0.1) is 0 Å². The number of hydrogen-bond donors (Lipinski definition) is 3. The number of nitrogens with two attached hydrogens (primary N) is 2. The Hall–Kier alpha value is -1.88. The fourth-order valence-electron chi connectivity index (χ4n) is 1.76. The fraction of sp³-hybridized carbons (Fsp3) is 0. The highest BCUT2D eigenvalue weighted by molar-refractivity contribution is 7.89. The zero-order valence-electron chi connectivity index (χ0n) is 9.77. The van der Waals surface area contributed by atoms with E-state index in [1.54, 1.807) is 0 Å². The van der Waals surface area contributed by atoms with Crippen LogP contribution in [-0.4, -0.2) is 26.5 Å². The summed E-state index contributed by atoms with van der Waals surface area (Å²) in [6.07, 6.45) is 0. The van der Waals surface area contributed by atoms with Crippen LogP contribution in [0.4, 0.5) is 5.69 Å². The van der Waals surface area contributed by atoms with Crippen LogP contribution >= 0.6 is 0 Å².